The molecule has 0 atom stereocenters. The van der Waals surface area contributed by atoms with E-state index in [9.17, 15) is 12.8 Å². The van der Waals surface area contributed by atoms with E-state index >= 15 is 0 Å². The summed E-state index contributed by atoms with van der Waals surface area (Å²) in [7, 11) is -1.49. The molecule has 2 N–H and O–H groups in total. The van der Waals surface area contributed by atoms with Gasteiger partial charge in [-0.15, -0.1) is 0 Å². The number of nitrogens with zero attached hydrogens (tertiary/aromatic N) is 1. The predicted molar refractivity (Wildman–Crippen MR) is 104 cm³/mol. The minimum absolute atomic E-state index is 0.0995. The normalized spacial score (nSPS) is 16.0. The van der Waals surface area contributed by atoms with Crippen LogP contribution in [0, 0.1) is 11.7 Å². The Morgan fingerprint density at radius 1 is 1.23 bits per heavy atom. The van der Waals surface area contributed by atoms with Crippen LogP contribution in [0.4, 0.5) is 4.39 Å². The van der Waals surface area contributed by atoms with Crippen molar-refractivity contribution in [2.75, 3.05) is 19.8 Å². The zero-order valence-electron chi connectivity index (χ0n) is 15.7. The van der Waals surface area contributed by atoms with Gasteiger partial charge in [-0.1, -0.05) is 31.7 Å². The van der Waals surface area contributed by atoms with E-state index in [-0.39, 0.29) is 11.6 Å². The zero-order valence-corrected chi connectivity index (χ0v) is 16.5. The molecule has 26 heavy (non-hydrogen) atoms. The van der Waals surface area contributed by atoms with E-state index in [0.29, 0.717) is 23.6 Å². The van der Waals surface area contributed by atoms with Crippen LogP contribution in [-0.4, -0.2) is 34.2 Å². The predicted octanol–water partition coefficient (Wildman–Crippen LogP) is 3.01. The Hall–Kier alpha value is -1.63. The maximum absolute atomic E-state index is 13.6. The summed E-state index contributed by atoms with van der Waals surface area (Å²) in [6.07, 6.45) is 8.97. The van der Waals surface area contributed by atoms with Crippen LogP contribution in [0.3, 0.4) is 0 Å². The quantitative estimate of drug-likeness (QED) is 0.411. The second-order valence-corrected chi connectivity index (χ2v) is 9.27. The molecule has 1 aromatic carbocycles. The molecule has 0 unspecified atom stereocenters. The lowest BCUT2D eigenvalue weighted by atomic mass is 10.0. The van der Waals surface area contributed by atoms with Crippen LogP contribution in [0.25, 0.3) is 0 Å². The van der Waals surface area contributed by atoms with Crippen molar-refractivity contribution < 1.29 is 12.8 Å². The van der Waals surface area contributed by atoms with Gasteiger partial charge in [0.2, 0.25) is 0 Å². The molecule has 0 amide bonds. The Kier molecular flexibility index (Phi) is 7.87. The summed E-state index contributed by atoms with van der Waals surface area (Å²) < 4.78 is 36.7. The molecule has 0 aromatic heterocycles. The molecular formula is C19H30FN3O2S. The number of halogens is 1. The summed E-state index contributed by atoms with van der Waals surface area (Å²) >= 11 is 0. The number of nitrogens with one attached hydrogen (secondary N) is 2. The molecule has 7 heteroatoms. The third kappa shape index (κ3) is 7.32. The van der Waals surface area contributed by atoms with Crippen LogP contribution in [0.1, 0.15) is 49.7 Å². The summed E-state index contributed by atoms with van der Waals surface area (Å²) in [5.74, 6) is 1.04. The molecular weight excluding hydrogens is 353 g/mol. The number of rotatable bonds is 8. The summed E-state index contributed by atoms with van der Waals surface area (Å²) in [6.45, 7) is 1.17. The van der Waals surface area contributed by atoms with Crippen molar-refractivity contribution in [2.45, 2.75) is 50.8 Å². The summed E-state index contributed by atoms with van der Waals surface area (Å²) in [5.41, 5.74) is 1.24. The van der Waals surface area contributed by atoms with Crippen molar-refractivity contribution >= 4 is 15.8 Å². The highest BCUT2D eigenvalue weighted by molar-refractivity contribution is 7.89. The third-order valence-electron chi connectivity index (χ3n) is 4.81. The molecule has 1 aromatic rings. The van der Waals surface area contributed by atoms with E-state index < -0.39 is 9.84 Å². The first kappa shape index (κ1) is 20.7. The number of benzene rings is 1. The number of hydrogen-bond acceptors (Lipinski definition) is 3. The first-order valence-corrected chi connectivity index (χ1v) is 11.3. The van der Waals surface area contributed by atoms with Gasteiger partial charge in [0.05, 0.1) is 5.75 Å². The Labute approximate surface area is 156 Å². The number of sulfone groups is 1. The van der Waals surface area contributed by atoms with Crippen LogP contribution in [0.2, 0.25) is 0 Å². The van der Waals surface area contributed by atoms with Gasteiger partial charge in [0.1, 0.15) is 5.82 Å². The Morgan fingerprint density at radius 2 is 1.96 bits per heavy atom. The van der Waals surface area contributed by atoms with Gasteiger partial charge in [-0.05, 0) is 42.0 Å². The maximum Gasteiger partial charge on any atom is 0.191 e. The molecule has 2 rings (SSSR count). The van der Waals surface area contributed by atoms with Crippen molar-refractivity contribution in [2.24, 2.45) is 10.9 Å². The lowest BCUT2D eigenvalue weighted by Gasteiger charge is -2.15. The van der Waals surface area contributed by atoms with Gasteiger partial charge in [0.15, 0.2) is 15.8 Å². The molecule has 0 heterocycles. The zero-order chi connectivity index (χ0) is 19.0. The molecule has 1 fully saturated rings. The second kappa shape index (κ2) is 9.90. The molecule has 0 saturated heterocycles. The SMILES string of the molecule is CN=C(NCCCC1CCCC1)NCc1cc(F)ccc1CS(C)(=O)=O. The Morgan fingerprint density at radius 3 is 2.62 bits per heavy atom. The summed E-state index contributed by atoms with van der Waals surface area (Å²) in [4.78, 5) is 4.18. The van der Waals surface area contributed by atoms with E-state index in [2.05, 4.69) is 15.6 Å². The van der Waals surface area contributed by atoms with Crippen LogP contribution >= 0.6 is 0 Å². The fourth-order valence-corrected chi connectivity index (χ4v) is 4.33. The van der Waals surface area contributed by atoms with E-state index in [0.717, 1.165) is 18.9 Å². The van der Waals surface area contributed by atoms with Crippen LogP contribution in [-0.2, 0) is 22.1 Å². The fraction of sp³-hybridized carbons (Fsp3) is 0.632. The topological polar surface area (TPSA) is 70.6 Å². The number of guanidine groups is 1. The van der Waals surface area contributed by atoms with E-state index in [1.165, 1.54) is 56.6 Å². The average molecular weight is 384 g/mol. The average Bonchev–Trinajstić information content (AvgIpc) is 3.08. The van der Waals surface area contributed by atoms with Gasteiger partial charge in [0.25, 0.3) is 0 Å². The van der Waals surface area contributed by atoms with Crippen LogP contribution < -0.4 is 10.6 Å². The van der Waals surface area contributed by atoms with E-state index in [1.807, 2.05) is 0 Å². The van der Waals surface area contributed by atoms with Crippen molar-refractivity contribution in [1.82, 2.24) is 10.6 Å². The first-order valence-electron chi connectivity index (χ1n) is 9.27. The van der Waals surface area contributed by atoms with Gasteiger partial charge < -0.3 is 10.6 Å². The molecule has 0 spiro atoms. The van der Waals surface area contributed by atoms with Crippen molar-refractivity contribution in [1.29, 1.82) is 0 Å². The highest BCUT2D eigenvalue weighted by atomic mass is 32.2. The minimum atomic E-state index is -3.18. The largest absolute Gasteiger partial charge is 0.356 e. The summed E-state index contributed by atoms with van der Waals surface area (Å²) in [5, 5.41) is 6.42. The Bertz CT molecular complexity index is 713. The summed E-state index contributed by atoms with van der Waals surface area (Å²) in [6, 6.07) is 4.20. The molecule has 1 saturated carbocycles. The highest BCUT2D eigenvalue weighted by Gasteiger charge is 2.14. The van der Waals surface area contributed by atoms with E-state index in [4.69, 9.17) is 0 Å². The maximum atomic E-state index is 13.6. The lowest BCUT2D eigenvalue weighted by Crippen LogP contribution is -2.37. The molecule has 0 bridgehead atoms. The van der Waals surface area contributed by atoms with Gasteiger partial charge in [-0.2, -0.15) is 0 Å². The third-order valence-corrected chi connectivity index (χ3v) is 5.65. The number of aliphatic imine (C=N–C) groups is 1. The molecule has 146 valence electrons. The van der Waals surface area contributed by atoms with Crippen molar-refractivity contribution in [3.63, 3.8) is 0 Å². The van der Waals surface area contributed by atoms with Crippen LogP contribution in [0.5, 0.6) is 0 Å². The second-order valence-electron chi connectivity index (χ2n) is 7.13. The monoisotopic (exact) mass is 383 g/mol. The van der Waals surface area contributed by atoms with E-state index in [1.54, 1.807) is 7.05 Å². The standard InChI is InChI=1S/C19H30FN3O2S/c1-21-19(22-11-5-8-15-6-3-4-7-15)23-13-17-12-18(20)10-9-16(17)14-26(2,24)25/h9-10,12,15H,3-8,11,13-14H2,1-2H3,(H2,21,22,23). The fourth-order valence-electron chi connectivity index (χ4n) is 3.48. The van der Waals surface area contributed by atoms with Crippen LogP contribution in [0.15, 0.2) is 23.2 Å². The van der Waals surface area contributed by atoms with Crippen molar-refractivity contribution in [3.8, 4) is 0 Å². The van der Waals surface area contributed by atoms with Gasteiger partial charge in [-0.25, -0.2) is 12.8 Å². The molecule has 5 nitrogen and oxygen atoms in total. The van der Waals surface area contributed by atoms with Crippen molar-refractivity contribution in [3.05, 3.63) is 35.1 Å². The van der Waals surface area contributed by atoms with Gasteiger partial charge in [0, 0.05) is 26.4 Å². The molecule has 1 aliphatic rings. The molecule has 1 aliphatic carbocycles. The van der Waals surface area contributed by atoms with Gasteiger partial charge in [-0.3, -0.25) is 4.99 Å². The number of hydrogen-bond donors (Lipinski definition) is 2. The minimum Gasteiger partial charge on any atom is -0.356 e. The lowest BCUT2D eigenvalue weighted by molar-refractivity contribution is 0.481. The molecule has 0 radical (unpaired) electrons. The first-order chi connectivity index (χ1) is 12.4. The van der Waals surface area contributed by atoms with Gasteiger partial charge >= 0.3 is 0 Å². The highest BCUT2D eigenvalue weighted by Crippen LogP contribution is 2.28. The Balaban J connectivity index is 1.84. The smallest absolute Gasteiger partial charge is 0.191 e. The molecule has 0 aliphatic heterocycles.